The Balaban J connectivity index is 1.37. The number of hydrogen-bond donors (Lipinski definition) is 3. The molecule has 3 aromatic carbocycles. The van der Waals surface area contributed by atoms with Crippen LogP contribution >= 0.6 is 0 Å². The van der Waals surface area contributed by atoms with Crippen LogP contribution < -0.4 is 20.9 Å². The summed E-state index contributed by atoms with van der Waals surface area (Å²) in [5, 5.41) is 9.57. The molecule has 0 spiro atoms. The largest absolute Gasteiger partial charge is 0.445 e. The van der Waals surface area contributed by atoms with E-state index in [1.807, 2.05) is 62.4 Å². The molecule has 1 saturated heterocycles. The molecular weight excluding hydrogens is 524 g/mol. The van der Waals surface area contributed by atoms with Crippen LogP contribution in [0.25, 0.3) is 0 Å². The van der Waals surface area contributed by atoms with Crippen LogP contribution in [0.15, 0.2) is 84.9 Å². The number of hydrogen-bond acceptors (Lipinski definition) is 5. The monoisotopic (exact) mass is 570 g/mol. The molecule has 1 aliphatic heterocycles. The van der Waals surface area contributed by atoms with Gasteiger partial charge in [-0.05, 0) is 79.8 Å². The van der Waals surface area contributed by atoms with Gasteiger partial charge in [-0.15, -0.1) is 0 Å². The number of amides is 2. The van der Waals surface area contributed by atoms with Gasteiger partial charge in [-0.3, -0.25) is 4.79 Å². The summed E-state index contributed by atoms with van der Waals surface area (Å²) in [5.74, 6) is 0.0233. The second-order valence-corrected chi connectivity index (χ2v) is 11.6. The smallest absolute Gasteiger partial charge is 0.408 e. The molecule has 0 aromatic heterocycles. The van der Waals surface area contributed by atoms with Crippen LogP contribution in [0, 0.1) is 5.92 Å². The Morgan fingerprint density at radius 1 is 0.810 bits per heavy atom. The number of carbonyl (C=O) groups is 2. The molecule has 0 saturated carbocycles. The third-order valence-electron chi connectivity index (χ3n) is 7.64. The summed E-state index contributed by atoms with van der Waals surface area (Å²) in [6, 6.07) is 27.6. The van der Waals surface area contributed by atoms with Crippen molar-refractivity contribution in [1.82, 2.24) is 10.6 Å². The summed E-state index contributed by atoms with van der Waals surface area (Å²) in [7, 11) is 0. The van der Waals surface area contributed by atoms with Gasteiger partial charge in [0.25, 0.3) is 0 Å². The molecule has 0 radical (unpaired) electrons. The Labute approximate surface area is 251 Å². The SMILES string of the molecule is CC(C)C[C@@H](NC(=O)OCc1ccccc1)C(=O)N[C@@H](CCc1ccccc1)CNc1ccc(N2CCCCC2)cc1. The number of benzene rings is 3. The van der Waals surface area contributed by atoms with Gasteiger partial charge >= 0.3 is 6.09 Å². The molecule has 3 N–H and O–H groups in total. The number of rotatable bonds is 14. The highest BCUT2D eigenvalue weighted by Crippen LogP contribution is 2.22. The maximum atomic E-state index is 13.5. The molecule has 7 heteroatoms. The lowest BCUT2D eigenvalue weighted by atomic mass is 10.0. The highest BCUT2D eigenvalue weighted by atomic mass is 16.5. The van der Waals surface area contributed by atoms with Gasteiger partial charge in [0.15, 0.2) is 0 Å². The minimum Gasteiger partial charge on any atom is -0.445 e. The Bertz CT molecular complexity index is 1210. The third-order valence-corrected chi connectivity index (χ3v) is 7.64. The van der Waals surface area contributed by atoms with Crippen molar-refractivity contribution in [3.63, 3.8) is 0 Å². The highest BCUT2D eigenvalue weighted by Gasteiger charge is 2.25. The normalized spacial score (nSPS) is 14.6. The van der Waals surface area contributed by atoms with Crippen molar-refractivity contribution in [2.24, 2.45) is 5.92 Å². The predicted molar refractivity (Wildman–Crippen MR) is 171 cm³/mol. The van der Waals surface area contributed by atoms with E-state index >= 15 is 0 Å². The van der Waals surface area contributed by atoms with Gasteiger partial charge in [0.2, 0.25) is 5.91 Å². The molecule has 4 rings (SSSR count). The molecule has 1 heterocycles. The maximum Gasteiger partial charge on any atom is 0.408 e. The molecule has 2 atom stereocenters. The molecule has 0 bridgehead atoms. The van der Waals surface area contributed by atoms with Gasteiger partial charge in [-0.2, -0.15) is 0 Å². The van der Waals surface area contributed by atoms with Crippen molar-refractivity contribution >= 4 is 23.4 Å². The van der Waals surface area contributed by atoms with Crippen molar-refractivity contribution in [3.8, 4) is 0 Å². The number of ether oxygens (including phenoxy) is 1. The van der Waals surface area contributed by atoms with Crippen LogP contribution in [0.2, 0.25) is 0 Å². The zero-order chi connectivity index (χ0) is 29.6. The first-order valence-corrected chi connectivity index (χ1v) is 15.4. The minimum absolute atomic E-state index is 0.128. The number of alkyl carbamates (subject to hydrolysis) is 1. The Morgan fingerprint density at radius 2 is 1.45 bits per heavy atom. The minimum atomic E-state index is -0.684. The van der Waals surface area contributed by atoms with E-state index in [4.69, 9.17) is 4.74 Å². The number of anilines is 2. The van der Waals surface area contributed by atoms with Crippen molar-refractivity contribution in [1.29, 1.82) is 0 Å². The van der Waals surface area contributed by atoms with Crippen LogP contribution in [0.4, 0.5) is 16.2 Å². The number of carbonyl (C=O) groups excluding carboxylic acids is 2. The Morgan fingerprint density at radius 3 is 2.10 bits per heavy atom. The number of nitrogens with one attached hydrogen (secondary N) is 3. The molecule has 0 aliphatic carbocycles. The zero-order valence-corrected chi connectivity index (χ0v) is 25.1. The van der Waals surface area contributed by atoms with Crippen molar-refractivity contribution in [3.05, 3.63) is 96.1 Å². The van der Waals surface area contributed by atoms with E-state index in [9.17, 15) is 9.59 Å². The lowest BCUT2D eigenvalue weighted by Crippen LogP contribution is -2.51. The number of nitrogens with zero attached hydrogens (tertiary/aromatic N) is 1. The second-order valence-electron chi connectivity index (χ2n) is 11.6. The van der Waals surface area contributed by atoms with E-state index in [-0.39, 0.29) is 24.5 Å². The molecule has 42 heavy (non-hydrogen) atoms. The molecule has 1 fully saturated rings. The Kier molecular flexibility index (Phi) is 12.1. The molecular formula is C35H46N4O3. The fourth-order valence-corrected chi connectivity index (χ4v) is 5.31. The third kappa shape index (κ3) is 10.4. The van der Waals surface area contributed by atoms with Crippen LogP contribution in [-0.4, -0.2) is 43.7 Å². The quantitative estimate of drug-likeness (QED) is 0.205. The van der Waals surface area contributed by atoms with E-state index in [0.29, 0.717) is 13.0 Å². The van der Waals surface area contributed by atoms with Gasteiger partial charge < -0.3 is 25.6 Å². The van der Waals surface area contributed by atoms with Crippen molar-refractivity contribution in [2.75, 3.05) is 29.9 Å². The van der Waals surface area contributed by atoms with Crippen LogP contribution in [0.1, 0.15) is 57.1 Å². The lowest BCUT2D eigenvalue weighted by molar-refractivity contribution is -0.124. The molecule has 224 valence electrons. The summed E-state index contributed by atoms with van der Waals surface area (Å²) >= 11 is 0. The number of piperidine rings is 1. The van der Waals surface area contributed by atoms with Crippen LogP contribution in [0.5, 0.6) is 0 Å². The second kappa shape index (κ2) is 16.4. The van der Waals surface area contributed by atoms with E-state index in [1.165, 1.54) is 30.5 Å². The molecule has 2 amide bonds. The predicted octanol–water partition coefficient (Wildman–Crippen LogP) is 6.55. The molecule has 3 aromatic rings. The molecule has 1 aliphatic rings. The first-order chi connectivity index (χ1) is 20.5. The van der Waals surface area contributed by atoms with E-state index in [1.54, 1.807) is 0 Å². The zero-order valence-electron chi connectivity index (χ0n) is 25.1. The molecule has 0 unspecified atom stereocenters. The fourth-order valence-electron chi connectivity index (χ4n) is 5.31. The van der Waals surface area contributed by atoms with Gasteiger partial charge in [0.1, 0.15) is 12.6 Å². The van der Waals surface area contributed by atoms with E-state index < -0.39 is 12.1 Å². The van der Waals surface area contributed by atoms with Crippen LogP contribution in [0.3, 0.4) is 0 Å². The summed E-state index contributed by atoms with van der Waals surface area (Å²) in [4.78, 5) is 28.6. The summed E-state index contributed by atoms with van der Waals surface area (Å²) in [6.45, 7) is 7.05. The van der Waals surface area contributed by atoms with Crippen molar-refractivity contribution in [2.45, 2.75) is 71.1 Å². The molecule has 7 nitrogen and oxygen atoms in total. The summed E-state index contributed by atoms with van der Waals surface area (Å²) in [6.07, 6.45) is 5.34. The van der Waals surface area contributed by atoms with Gasteiger partial charge in [0, 0.05) is 37.1 Å². The fraction of sp³-hybridized carbons (Fsp3) is 0.429. The topological polar surface area (TPSA) is 82.7 Å². The van der Waals surface area contributed by atoms with E-state index in [0.717, 1.165) is 37.2 Å². The number of aryl methyl sites for hydroxylation is 1. The standard InChI is InChI=1S/C35H46N4O3/c1-27(2)24-33(38-35(41)42-26-29-14-8-4-9-15-29)34(40)37-31(17-16-28-12-6-3-7-13-28)25-36-30-18-20-32(21-19-30)39-22-10-5-11-23-39/h3-4,6-9,12-15,18-21,27,31,33,36H,5,10-11,16-17,22-26H2,1-2H3,(H,37,40)(H,38,41)/t31-,33+/m0/s1. The summed E-state index contributed by atoms with van der Waals surface area (Å²) in [5.41, 5.74) is 4.41. The van der Waals surface area contributed by atoms with Gasteiger partial charge in [-0.25, -0.2) is 4.79 Å². The highest BCUT2D eigenvalue weighted by molar-refractivity contribution is 5.85. The Hall–Kier alpha value is -4.00. The average Bonchev–Trinajstić information content (AvgIpc) is 3.02. The van der Waals surface area contributed by atoms with Crippen molar-refractivity contribution < 1.29 is 14.3 Å². The first-order valence-electron chi connectivity index (χ1n) is 15.4. The van der Waals surface area contributed by atoms with E-state index in [2.05, 4.69) is 57.2 Å². The van der Waals surface area contributed by atoms with Gasteiger partial charge in [-0.1, -0.05) is 74.5 Å². The average molecular weight is 571 g/mol. The lowest BCUT2D eigenvalue weighted by Gasteiger charge is -2.29. The first kappa shape index (κ1) is 30.9. The maximum absolute atomic E-state index is 13.5. The summed E-state index contributed by atoms with van der Waals surface area (Å²) < 4.78 is 5.41. The van der Waals surface area contributed by atoms with Gasteiger partial charge in [0.05, 0.1) is 0 Å². The van der Waals surface area contributed by atoms with Crippen LogP contribution in [-0.2, 0) is 22.6 Å².